The highest BCUT2D eigenvalue weighted by atomic mass is 79.9. The number of hydrogen-bond donors (Lipinski definition) is 2. The molecule has 0 saturated heterocycles. The Kier molecular flexibility index (Phi) is 4.58. The third-order valence-electron chi connectivity index (χ3n) is 3.09. The molecule has 1 fully saturated rings. The number of halogens is 1. The lowest BCUT2D eigenvalue weighted by molar-refractivity contribution is -0.121. The quantitative estimate of drug-likeness (QED) is 0.872. The van der Waals surface area contributed by atoms with E-state index in [0.29, 0.717) is 24.6 Å². The molecular formula is C14H17BrN2O2. The van der Waals surface area contributed by atoms with Crippen LogP contribution in [0.2, 0.25) is 0 Å². The fourth-order valence-electron chi connectivity index (χ4n) is 1.77. The van der Waals surface area contributed by atoms with Gasteiger partial charge in [0, 0.05) is 29.0 Å². The zero-order valence-electron chi connectivity index (χ0n) is 10.8. The number of benzene rings is 1. The highest BCUT2D eigenvalue weighted by Gasteiger charge is 2.22. The van der Waals surface area contributed by atoms with Crippen LogP contribution in [0.5, 0.6) is 0 Å². The van der Waals surface area contributed by atoms with Crippen LogP contribution in [0.4, 0.5) is 0 Å². The molecule has 1 aliphatic rings. The SMILES string of the molecule is Cc1c(Br)cccc1C(=O)NCCC(=O)NC1CC1. The van der Waals surface area contributed by atoms with Gasteiger partial charge in [0.25, 0.3) is 5.91 Å². The molecule has 0 bridgehead atoms. The van der Waals surface area contributed by atoms with Crippen LogP contribution in [0.3, 0.4) is 0 Å². The molecule has 0 unspecified atom stereocenters. The van der Waals surface area contributed by atoms with Crippen molar-refractivity contribution in [2.45, 2.75) is 32.2 Å². The van der Waals surface area contributed by atoms with E-state index in [0.717, 1.165) is 22.9 Å². The van der Waals surface area contributed by atoms with Gasteiger partial charge in [0.2, 0.25) is 5.91 Å². The van der Waals surface area contributed by atoms with E-state index in [4.69, 9.17) is 0 Å². The molecule has 1 saturated carbocycles. The molecule has 19 heavy (non-hydrogen) atoms. The van der Waals surface area contributed by atoms with Gasteiger partial charge in [0.15, 0.2) is 0 Å². The minimum absolute atomic E-state index is 0.00811. The lowest BCUT2D eigenvalue weighted by atomic mass is 10.1. The Morgan fingerprint density at radius 1 is 1.37 bits per heavy atom. The topological polar surface area (TPSA) is 58.2 Å². The number of rotatable bonds is 5. The summed E-state index contributed by atoms with van der Waals surface area (Å²) < 4.78 is 0.909. The zero-order chi connectivity index (χ0) is 13.8. The van der Waals surface area contributed by atoms with Crippen molar-refractivity contribution in [2.75, 3.05) is 6.54 Å². The van der Waals surface area contributed by atoms with Crippen LogP contribution >= 0.6 is 15.9 Å². The Morgan fingerprint density at radius 2 is 2.11 bits per heavy atom. The summed E-state index contributed by atoms with van der Waals surface area (Å²) >= 11 is 3.40. The second-order valence-corrected chi connectivity index (χ2v) is 5.61. The summed E-state index contributed by atoms with van der Waals surface area (Å²) in [4.78, 5) is 23.4. The molecule has 102 valence electrons. The number of carbonyl (C=O) groups is 2. The lowest BCUT2D eigenvalue weighted by Gasteiger charge is -2.09. The van der Waals surface area contributed by atoms with Crippen molar-refractivity contribution in [2.24, 2.45) is 0 Å². The Labute approximate surface area is 121 Å². The van der Waals surface area contributed by atoms with Gasteiger partial charge in [-0.25, -0.2) is 0 Å². The summed E-state index contributed by atoms with van der Waals surface area (Å²) in [6, 6.07) is 5.87. The maximum Gasteiger partial charge on any atom is 0.251 e. The maximum atomic E-state index is 12.0. The molecule has 2 rings (SSSR count). The van der Waals surface area contributed by atoms with Crippen molar-refractivity contribution in [1.82, 2.24) is 10.6 Å². The molecule has 1 aromatic rings. The molecule has 0 spiro atoms. The van der Waals surface area contributed by atoms with Gasteiger partial charge in [-0.3, -0.25) is 9.59 Å². The van der Waals surface area contributed by atoms with Gasteiger partial charge >= 0.3 is 0 Å². The molecule has 5 heteroatoms. The average Bonchev–Trinajstić information content (AvgIpc) is 3.16. The fraction of sp³-hybridized carbons (Fsp3) is 0.429. The Balaban J connectivity index is 1.80. The molecule has 1 aromatic carbocycles. The molecular weight excluding hydrogens is 308 g/mol. The van der Waals surface area contributed by atoms with Crippen LogP contribution in [0.15, 0.2) is 22.7 Å². The van der Waals surface area contributed by atoms with E-state index in [2.05, 4.69) is 26.6 Å². The molecule has 0 heterocycles. The van der Waals surface area contributed by atoms with Crippen molar-refractivity contribution in [3.8, 4) is 0 Å². The highest BCUT2D eigenvalue weighted by Crippen LogP contribution is 2.19. The molecule has 0 aromatic heterocycles. The van der Waals surface area contributed by atoms with Crippen LogP contribution in [0.25, 0.3) is 0 Å². The van der Waals surface area contributed by atoms with E-state index in [1.165, 1.54) is 0 Å². The van der Waals surface area contributed by atoms with Gasteiger partial charge in [0.05, 0.1) is 0 Å². The first-order valence-corrected chi connectivity index (χ1v) is 7.20. The van der Waals surface area contributed by atoms with E-state index in [-0.39, 0.29) is 11.8 Å². The highest BCUT2D eigenvalue weighted by molar-refractivity contribution is 9.10. The number of amides is 2. The summed E-state index contributed by atoms with van der Waals surface area (Å²) in [6.45, 7) is 2.25. The van der Waals surface area contributed by atoms with Crippen LogP contribution in [-0.4, -0.2) is 24.4 Å². The fourth-order valence-corrected chi connectivity index (χ4v) is 2.13. The molecule has 1 aliphatic carbocycles. The van der Waals surface area contributed by atoms with Crippen molar-refractivity contribution in [3.63, 3.8) is 0 Å². The maximum absolute atomic E-state index is 12.0. The predicted molar refractivity (Wildman–Crippen MR) is 77.0 cm³/mol. The van der Waals surface area contributed by atoms with Gasteiger partial charge in [-0.05, 0) is 37.5 Å². The predicted octanol–water partition coefficient (Wildman–Crippen LogP) is 2.16. The Morgan fingerprint density at radius 3 is 2.79 bits per heavy atom. The second kappa shape index (κ2) is 6.19. The Hall–Kier alpha value is -1.36. The van der Waals surface area contributed by atoms with E-state index < -0.39 is 0 Å². The standard InChI is InChI=1S/C14H17BrN2O2/c1-9-11(3-2-4-12(9)15)14(19)16-8-7-13(18)17-10-5-6-10/h2-4,10H,5-8H2,1H3,(H,16,19)(H,17,18). The molecule has 4 nitrogen and oxygen atoms in total. The molecule has 2 N–H and O–H groups in total. The van der Waals surface area contributed by atoms with Crippen LogP contribution in [0.1, 0.15) is 35.2 Å². The van der Waals surface area contributed by atoms with Crippen molar-refractivity contribution in [3.05, 3.63) is 33.8 Å². The molecule has 2 amide bonds. The first-order chi connectivity index (χ1) is 9.08. The minimum atomic E-state index is -0.141. The monoisotopic (exact) mass is 324 g/mol. The van der Waals surface area contributed by atoms with Crippen LogP contribution in [-0.2, 0) is 4.79 Å². The van der Waals surface area contributed by atoms with Gasteiger partial charge in [-0.2, -0.15) is 0 Å². The van der Waals surface area contributed by atoms with Gasteiger partial charge in [-0.15, -0.1) is 0 Å². The summed E-state index contributed by atoms with van der Waals surface area (Å²) in [5.41, 5.74) is 1.54. The van der Waals surface area contributed by atoms with E-state index in [1.54, 1.807) is 6.07 Å². The van der Waals surface area contributed by atoms with Gasteiger partial charge in [-0.1, -0.05) is 22.0 Å². The van der Waals surface area contributed by atoms with Crippen LogP contribution in [0, 0.1) is 6.92 Å². The van der Waals surface area contributed by atoms with Crippen molar-refractivity contribution < 1.29 is 9.59 Å². The van der Waals surface area contributed by atoms with Gasteiger partial charge < -0.3 is 10.6 Å². The Bertz CT molecular complexity index is 498. The van der Waals surface area contributed by atoms with Crippen LogP contribution < -0.4 is 10.6 Å². The third-order valence-corrected chi connectivity index (χ3v) is 3.95. The van der Waals surface area contributed by atoms with Crippen molar-refractivity contribution >= 4 is 27.7 Å². The number of nitrogens with one attached hydrogen (secondary N) is 2. The number of carbonyl (C=O) groups excluding carboxylic acids is 2. The number of hydrogen-bond acceptors (Lipinski definition) is 2. The largest absolute Gasteiger partial charge is 0.353 e. The molecule has 0 atom stereocenters. The zero-order valence-corrected chi connectivity index (χ0v) is 12.4. The smallest absolute Gasteiger partial charge is 0.251 e. The second-order valence-electron chi connectivity index (χ2n) is 4.76. The summed E-state index contributed by atoms with van der Waals surface area (Å²) in [7, 11) is 0. The molecule has 0 aliphatic heterocycles. The third kappa shape index (κ3) is 4.06. The van der Waals surface area contributed by atoms with Crippen molar-refractivity contribution in [1.29, 1.82) is 0 Å². The van der Waals surface area contributed by atoms with Gasteiger partial charge in [0.1, 0.15) is 0 Å². The normalized spacial score (nSPS) is 14.0. The van der Waals surface area contributed by atoms with E-state index in [9.17, 15) is 9.59 Å². The first kappa shape index (κ1) is 14.1. The van der Waals surface area contributed by atoms with E-state index >= 15 is 0 Å². The summed E-state index contributed by atoms with van der Waals surface area (Å²) in [6.07, 6.45) is 2.49. The average molecular weight is 325 g/mol. The summed E-state index contributed by atoms with van der Waals surface area (Å²) in [5, 5.41) is 5.66. The summed E-state index contributed by atoms with van der Waals surface area (Å²) in [5.74, 6) is -0.133. The van der Waals surface area contributed by atoms with E-state index in [1.807, 2.05) is 19.1 Å². The minimum Gasteiger partial charge on any atom is -0.353 e. The molecule has 0 radical (unpaired) electrons. The lowest BCUT2D eigenvalue weighted by Crippen LogP contribution is -2.31. The first-order valence-electron chi connectivity index (χ1n) is 6.40.